The molecule has 0 rings (SSSR count). The quantitative estimate of drug-likeness (QED) is 0.0193. The summed E-state index contributed by atoms with van der Waals surface area (Å²) in [5.41, 5.74) is 22.3. The second-order valence-electron chi connectivity index (χ2n) is 16.4. The number of carbonyl (C=O) groups excluding carboxylic acids is 7. The zero-order valence-corrected chi connectivity index (χ0v) is 37.8. The Labute approximate surface area is 365 Å². The number of aliphatic hydroxyl groups is 1. The van der Waals surface area contributed by atoms with Crippen LogP contribution in [0.4, 0.5) is 0 Å². The zero-order valence-electron chi connectivity index (χ0n) is 37.8. The molecule has 9 atom stereocenters. The number of rotatable bonds is 31. The van der Waals surface area contributed by atoms with Gasteiger partial charge in [-0.15, -0.1) is 0 Å². The fourth-order valence-corrected chi connectivity index (χ4v) is 6.09. The number of nitrogens with one attached hydrogen (secondary N) is 7. The molecule has 0 unspecified atom stereocenters. The van der Waals surface area contributed by atoms with Crippen molar-refractivity contribution >= 4 is 53.3 Å². The maximum atomic E-state index is 14.2. The van der Waals surface area contributed by atoms with Gasteiger partial charge >= 0.3 is 5.97 Å². The van der Waals surface area contributed by atoms with E-state index in [1.54, 1.807) is 41.5 Å². The van der Waals surface area contributed by atoms with Crippen molar-refractivity contribution in [1.29, 1.82) is 0 Å². The van der Waals surface area contributed by atoms with E-state index in [9.17, 15) is 43.5 Å². The van der Waals surface area contributed by atoms with Gasteiger partial charge in [-0.05, 0) is 68.7 Å². The van der Waals surface area contributed by atoms with Gasteiger partial charge < -0.3 is 70.4 Å². The molecule has 0 aliphatic rings. The Morgan fingerprint density at radius 1 is 0.597 bits per heavy atom. The van der Waals surface area contributed by atoms with Gasteiger partial charge in [0.2, 0.25) is 41.4 Å². The van der Waals surface area contributed by atoms with Crippen molar-refractivity contribution in [2.75, 3.05) is 26.2 Å². The lowest BCUT2D eigenvalue weighted by Gasteiger charge is -2.31. The third-order valence-electron chi connectivity index (χ3n) is 10.3. The Balaban J connectivity index is 6.64. The number of aliphatic hydroxyl groups excluding tert-OH is 1. The number of nitrogens with zero attached hydrogens (tertiary/aromatic N) is 1. The van der Waals surface area contributed by atoms with Crippen molar-refractivity contribution in [1.82, 2.24) is 37.2 Å². The molecule has 17 N–H and O–H groups in total. The van der Waals surface area contributed by atoms with Gasteiger partial charge in [-0.3, -0.25) is 43.3 Å². The summed E-state index contributed by atoms with van der Waals surface area (Å²) in [6.45, 7) is 13.2. The average Bonchev–Trinajstić information content (AvgIpc) is 3.21. The van der Waals surface area contributed by atoms with Crippen LogP contribution >= 0.6 is 0 Å². The first kappa shape index (κ1) is 56.9. The van der Waals surface area contributed by atoms with Gasteiger partial charge in [-0.1, -0.05) is 68.2 Å². The van der Waals surface area contributed by atoms with E-state index in [0.717, 1.165) is 0 Å². The summed E-state index contributed by atoms with van der Waals surface area (Å²) < 4.78 is 0. The molecular weight excluding hydrogens is 809 g/mol. The lowest BCUT2D eigenvalue weighted by Crippen LogP contribution is -2.62. The maximum Gasteiger partial charge on any atom is 0.322 e. The van der Waals surface area contributed by atoms with Crippen LogP contribution in [0.2, 0.25) is 0 Å². The van der Waals surface area contributed by atoms with Crippen LogP contribution in [0, 0.1) is 23.7 Å². The standard InChI is InChI=1S/C40H76N12O10/c1-9-23(7)31(51-34(57)26(14-11-12-16-41)47-33(56)25(42)20-53)38(61)48-27(15-13-17-45-40(43)44)35(58)52-32(24(8)10-2)39(62)49-28(18-21(3)4)36(59)50-30(22(5)6)37(60)46-19-29(54)55/h21-28,30-32,53H,9-20,41-42H2,1-8H3,(H,46,60)(H,47,56)(H,48,61)(H,49,62)(H,50,59)(H,51,57)(H,52,58)(H,54,55)(H4,43,44,45)/t23-,24-,25-,26-,27-,28-,30-,31-,32-/m0/s1. The number of carbonyl (C=O) groups is 8. The third-order valence-corrected chi connectivity index (χ3v) is 10.3. The minimum Gasteiger partial charge on any atom is -0.480 e. The molecule has 0 aromatic heterocycles. The van der Waals surface area contributed by atoms with Crippen LogP contribution < -0.4 is 60.2 Å². The number of nitrogens with two attached hydrogens (primary N) is 4. The normalized spacial score (nSPS) is 15.6. The molecule has 0 spiro atoms. The predicted octanol–water partition coefficient (Wildman–Crippen LogP) is -2.61. The molecule has 0 aliphatic carbocycles. The van der Waals surface area contributed by atoms with Gasteiger partial charge in [0.25, 0.3) is 0 Å². The first-order valence-corrected chi connectivity index (χ1v) is 21.5. The summed E-state index contributed by atoms with van der Waals surface area (Å²) >= 11 is 0. The topological polar surface area (TPSA) is 378 Å². The van der Waals surface area contributed by atoms with Crippen molar-refractivity contribution in [3.05, 3.63) is 0 Å². The number of guanidine groups is 1. The summed E-state index contributed by atoms with van der Waals surface area (Å²) in [4.78, 5) is 110. The molecule has 22 heteroatoms. The molecule has 22 nitrogen and oxygen atoms in total. The molecule has 0 bridgehead atoms. The largest absolute Gasteiger partial charge is 0.480 e. The minimum atomic E-state index is -1.28. The molecule has 0 radical (unpaired) electrons. The lowest BCUT2D eigenvalue weighted by atomic mass is 9.95. The van der Waals surface area contributed by atoms with Crippen LogP contribution in [-0.2, 0) is 38.4 Å². The average molecular weight is 885 g/mol. The number of unbranched alkanes of at least 4 members (excludes halogenated alkanes) is 1. The van der Waals surface area contributed by atoms with Crippen LogP contribution in [0.1, 0.15) is 107 Å². The van der Waals surface area contributed by atoms with E-state index in [1.807, 2.05) is 13.8 Å². The van der Waals surface area contributed by atoms with Gasteiger partial charge in [0.15, 0.2) is 5.96 Å². The molecule has 0 aliphatic heterocycles. The second-order valence-corrected chi connectivity index (χ2v) is 16.4. The molecule has 0 saturated carbocycles. The second kappa shape index (κ2) is 30.0. The monoisotopic (exact) mass is 885 g/mol. The molecule has 356 valence electrons. The van der Waals surface area contributed by atoms with E-state index >= 15 is 0 Å². The summed E-state index contributed by atoms with van der Waals surface area (Å²) in [7, 11) is 0. The summed E-state index contributed by atoms with van der Waals surface area (Å²) in [6, 6.07) is -8.34. The molecule has 0 heterocycles. The SMILES string of the molecule is CC[C@H](C)[C@H](NC(=O)[C@H](CCCN=C(N)N)NC(=O)[C@@H](NC(=O)[C@H](CCCCN)NC(=O)[C@@H](N)CO)[C@@H](C)CC)C(=O)N[C@@H](CC(C)C)C(=O)N[C@H](C(=O)NCC(=O)O)C(C)C. The van der Waals surface area contributed by atoms with E-state index in [0.29, 0.717) is 32.2 Å². The first-order valence-electron chi connectivity index (χ1n) is 21.5. The van der Waals surface area contributed by atoms with Gasteiger partial charge in [-0.2, -0.15) is 0 Å². The van der Waals surface area contributed by atoms with Gasteiger partial charge in [0.05, 0.1) is 6.61 Å². The Morgan fingerprint density at radius 3 is 1.47 bits per heavy atom. The van der Waals surface area contributed by atoms with Crippen LogP contribution in [0.3, 0.4) is 0 Å². The first-order chi connectivity index (χ1) is 29.0. The van der Waals surface area contributed by atoms with E-state index in [4.69, 9.17) is 28.0 Å². The molecule has 0 fully saturated rings. The van der Waals surface area contributed by atoms with Crippen LogP contribution in [0.25, 0.3) is 0 Å². The fourth-order valence-electron chi connectivity index (χ4n) is 6.09. The highest BCUT2D eigenvalue weighted by Gasteiger charge is 2.36. The Bertz CT molecular complexity index is 1490. The van der Waals surface area contributed by atoms with Crippen molar-refractivity contribution < 1.29 is 48.6 Å². The third kappa shape index (κ3) is 21.6. The smallest absolute Gasteiger partial charge is 0.322 e. The maximum absolute atomic E-state index is 14.2. The molecule has 0 saturated heterocycles. The molecule has 0 aromatic carbocycles. The number of carboxylic acids is 1. The molecule has 7 amide bonds. The van der Waals surface area contributed by atoms with Gasteiger partial charge in [0.1, 0.15) is 48.8 Å². The van der Waals surface area contributed by atoms with Crippen molar-refractivity contribution in [3.8, 4) is 0 Å². The Morgan fingerprint density at radius 2 is 1.05 bits per heavy atom. The molecule has 62 heavy (non-hydrogen) atoms. The van der Waals surface area contributed by atoms with Crippen LogP contribution in [0.5, 0.6) is 0 Å². The zero-order chi connectivity index (χ0) is 47.7. The Kier molecular flexibility index (Phi) is 27.6. The fraction of sp³-hybridized carbons (Fsp3) is 0.775. The highest BCUT2D eigenvalue weighted by atomic mass is 16.4. The van der Waals surface area contributed by atoms with Gasteiger partial charge in [-0.25, -0.2) is 0 Å². The highest BCUT2D eigenvalue weighted by molar-refractivity contribution is 5.97. The molecular formula is C40H76N12O10. The molecule has 0 aromatic rings. The Hall–Kier alpha value is -5.09. The van der Waals surface area contributed by atoms with Gasteiger partial charge in [0, 0.05) is 6.54 Å². The van der Waals surface area contributed by atoms with Crippen LogP contribution in [0.15, 0.2) is 4.99 Å². The highest BCUT2D eigenvalue weighted by Crippen LogP contribution is 2.15. The van der Waals surface area contributed by atoms with E-state index in [-0.39, 0.29) is 44.1 Å². The summed E-state index contributed by atoms with van der Waals surface area (Å²) in [5, 5.41) is 36.7. The number of hydrogen-bond donors (Lipinski definition) is 13. The number of carboxylic acid groups (broad SMARTS) is 1. The predicted molar refractivity (Wildman–Crippen MR) is 233 cm³/mol. The number of amides is 7. The van der Waals surface area contributed by atoms with E-state index < -0.39 is 121 Å². The lowest BCUT2D eigenvalue weighted by molar-refractivity contribution is -0.139. The van der Waals surface area contributed by atoms with E-state index in [1.165, 1.54) is 0 Å². The summed E-state index contributed by atoms with van der Waals surface area (Å²) in [6.07, 6.45) is 2.37. The number of aliphatic imine (C=N–C) groups is 1. The van der Waals surface area contributed by atoms with Crippen molar-refractivity contribution in [3.63, 3.8) is 0 Å². The number of aliphatic carboxylic acids is 1. The summed E-state index contributed by atoms with van der Waals surface area (Å²) in [5.74, 6) is -7.99. The number of hydrogen-bond acceptors (Lipinski definition) is 12. The van der Waals surface area contributed by atoms with Crippen LogP contribution in [-0.4, -0.2) is 132 Å². The minimum absolute atomic E-state index is 0.000103. The van der Waals surface area contributed by atoms with Crippen molar-refractivity contribution in [2.24, 2.45) is 51.6 Å². The van der Waals surface area contributed by atoms with Crippen molar-refractivity contribution in [2.45, 2.75) is 149 Å². The van der Waals surface area contributed by atoms with E-state index in [2.05, 4.69) is 42.2 Å².